The summed E-state index contributed by atoms with van der Waals surface area (Å²) in [5.74, 6) is -0.660. The minimum absolute atomic E-state index is 0.113. The van der Waals surface area contributed by atoms with Crippen molar-refractivity contribution >= 4 is 26.9 Å². The number of ether oxygens (including phenoxy) is 2. The van der Waals surface area contributed by atoms with E-state index < -0.39 is 6.10 Å². The predicted octanol–water partition coefficient (Wildman–Crippen LogP) is 0.572. The predicted molar refractivity (Wildman–Crippen MR) is 51.0 cm³/mol. The van der Waals surface area contributed by atoms with Crippen LogP contribution in [0.5, 0.6) is 0 Å². The Morgan fingerprint density at radius 1 is 1.50 bits per heavy atom. The molecule has 0 amide bonds. The van der Waals surface area contributed by atoms with Gasteiger partial charge in [0.2, 0.25) is 0 Å². The Balaban J connectivity index is 2.67. The van der Waals surface area contributed by atoms with Crippen LogP contribution >= 0.6 is 0 Å². The van der Waals surface area contributed by atoms with Crippen LogP contribution in [-0.2, 0) is 19.1 Å². The van der Waals surface area contributed by atoms with Crippen LogP contribution in [0.1, 0.15) is 6.92 Å². The van der Waals surface area contributed by atoms with Gasteiger partial charge in [0.15, 0.2) is 0 Å². The van der Waals surface area contributed by atoms with Crippen molar-refractivity contribution < 1.29 is 19.1 Å². The standard InChI is InChI=1S/C9H12O4Se/c1-6(10)13-7-4-3-5-14-8(7)9(11)12-2/h3-4,7-8H,5H2,1-2H3/t7-,8+/m1/s1. The molecule has 14 heavy (non-hydrogen) atoms. The van der Waals surface area contributed by atoms with E-state index in [0.717, 1.165) is 5.32 Å². The summed E-state index contributed by atoms with van der Waals surface area (Å²) in [7, 11) is 1.35. The van der Waals surface area contributed by atoms with Crippen molar-refractivity contribution in [2.24, 2.45) is 0 Å². The molecule has 0 spiro atoms. The molecule has 0 saturated heterocycles. The third-order valence-corrected chi connectivity index (χ3v) is 4.26. The van der Waals surface area contributed by atoms with Crippen LogP contribution in [0.2, 0.25) is 10.1 Å². The third-order valence-electron chi connectivity index (χ3n) is 1.73. The molecule has 1 aliphatic heterocycles. The zero-order valence-corrected chi connectivity index (χ0v) is 9.77. The van der Waals surface area contributed by atoms with E-state index in [4.69, 9.17) is 4.74 Å². The number of hydrogen-bond acceptors (Lipinski definition) is 4. The van der Waals surface area contributed by atoms with Crippen molar-refractivity contribution in [3.05, 3.63) is 12.2 Å². The first-order chi connectivity index (χ1) is 6.65. The maximum absolute atomic E-state index is 11.3. The minimum atomic E-state index is -0.436. The van der Waals surface area contributed by atoms with Crippen LogP contribution in [0.4, 0.5) is 0 Å². The average molecular weight is 263 g/mol. The summed E-state index contributed by atoms with van der Waals surface area (Å²) >= 11 is 0.113. The van der Waals surface area contributed by atoms with E-state index in [1.54, 1.807) is 6.08 Å². The Morgan fingerprint density at radius 2 is 2.21 bits per heavy atom. The Morgan fingerprint density at radius 3 is 2.79 bits per heavy atom. The SMILES string of the molecule is COC(=O)[C@H]1[Se]CC=C[C@H]1OC(C)=O. The Hall–Kier alpha value is -0.801. The molecule has 0 aromatic heterocycles. The maximum atomic E-state index is 11.3. The summed E-state index contributed by atoms with van der Waals surface area (Å²) in [6.07, 6.45) is 3.26. The van der Waals surface area contributed by atoms with Gasteiger partial charge >= 0.3 is 88.4 Å². The normalized spacial score (nSPS) is 25.6. The molecule has 0 aliphatic carbocycles. The van der Waals surface area contributed by atoms with Crippen LogP contribution in [0.15, 0.2) is 12.2 Å². The summed E-state index contributed by atoms with van der Waals surface area (Å²) in [6, 6.07) is 0. The quantitative estimate of drug-likeness (QED) is 0.415. The Labute approximate surface area is 88.8 Å². The summed E-state index contributed by atoms with van der Waals surface area (Å²) in [6.45, 7) is 1.34. The second-order valence-corrected chi connectivity index (χ2v) is 5.24. The van der Waals surface area contributed by atoms with Crippen molar-refractivity contribution in [3.63, 3.8) is 0 Å². The van der Waals surface area contributed by atoms with Gasteiger partial charge in [-0.25, -0.2) is 0 Å². The molecule has 1 heterocycles. The van der Waals surface area contributed by atoms with Crippen molar-refractivity contribution in [3.8, 4) is 0 Å². The van der Waals surface area contributed by atoms with Gasteiger partial charge in [-0.05, 0) is 0 Å². The Kier molecular flexibility index (Phi) is 4.17. The molecule has 0 unspecified atom stereocenters. The number of rotatable bonds is 2. The van der Waals surface area contributed by atoms with E-state index in [1.807, 2.05) is 6.08 Å². The molecular formula is C9H12O4Se. The summed E-state index contributed by atoms with van der Waals surface area (Å²) < 4.78 is 9.67. The molecule has 1 aliphatic rings. The molecule has 5 heteroatoms. The van der Waals surface area contributed by atoms with Crippen LogP contribution < -0.4 is 0 Å². The zero-order valence-electron chi connectivity index (χ0n) is 8.06. The van der Waals surface area contributed by atoms with Crippen LogP contribution in [0.25, 0.3) is 0 Å². The van der Waals surface area contributed by atoms with E-state index in [2.05, 4.69) is 4.74 Å². The summed E-state index contributed by atoms with van der Waals surface area (Å²) in [5.41, 5.74) is 0. The molecule has 4 nitrogen and oxygen atoms in total. The summed E-state index contributed by atoms with van der Waals surface area (Å²) in [4.78, 5) is 21.8. The topological polar surface area (TPSA) is 52.6 Å². The molecule has 0 radical (unpaired) electrons. The number of hydrogen-bond donors (Lipinski definition) is 0. The molecule has 0 fully saturated rings. The van der Waals surface area contributed by atoms with Gasteiger partial charge in [0.05, 0.1) is 0 Å². The van der Waals surface area contributed by atoms with Crippen LogP contribution in [0, 0.1) is 0 Å². The first-order valence-electron chi connectivity index (χ1n) is 4.18. The first-order valence-corrected chi connectivity index (χ1v) is 6.38. The number of esters is 2. The first kappa shape index (κ1) is 11.3. The molecule has 1 rings (SSSR count). The molecule has 78 valence electrons. The number of carbonyl (C=O) groups is 2. The fourth-order valence-corrected chi connectivity index (χ4v) is 3.25. The molecule has 0 N–H and O–H groups in total. The summed E-state index contributed by atoms with van der Waals surface area (Å²) in [5, 5.41) is 0.879. The van der Waals surface area contributed by atoms with Crippen molar-refractivity contribution in [1.29, 1.82) is 0 Å². The molecule has 0 bridgehead atoms. The Bertz CT molecular complexity index is 262. The number of allylic oxidation sites excluding steroid dienone is 1. The van der Waals surface area contributed by atoms with E-state index in [9.17, 15) is 9.59 Å². The number of carbonyl (C=O) groups excluding carboxylic acids is 2. The van der Waals surface area contributed by atoms with Crippen molar-refractivity contribution in [2.75, 3.05) is 7.11 Å². The van der Waals surface area contributed by atoms with Gasteiger partial charge in [-0.15, -0.1) is 0 Å². The van der Waals surface area contributed by atoms with Gasteiger partial charge in [-0.2, -0.15) is 0 Å². The van der Waals surface area contributed by atoms with E-state index in [1.165, 1.54) is 14.0 Å². The number of methoxy groups -OCH3 is 1. The fourth-order valence-electron chi connectivity index (χ4n) is 1.16. The van der Waals surface area contributed by atoms with E-state index in [0.29, 0.717) is 0 Å². The van der Waals surface area contributed by atoms with Gasteiger partial charge in [-0.1, -0.05) is 0 Å². The third kappa shape index (κ3) is 2.86. The fraction of sp³-hybridized carbons (Fsp3) is 0.556. The van der Waals surface area contributed by atoms with Crippen molar-refractivity contribution in [1.82, 2.24) is 0 Å². The van der Waals surface area contributed by atoms with Gasteiger partial charge < -0.3 is 0 Å². The van der Waals surface area contributed by atoms with Gasteiger partial charge in [0.1, 0.15) is 0 Å². The second-order valence-electron chi connectivity index (χ2n) is 2.78. The van der Waals surface area contributed by atoms with Crippen LogP contribution in [-0.4, -0.2) is 40.1 Å². The van der Waals surface area contributed by atoms with Gasteiger partial charge in [-0.3, -0.25) is 0 Å². The molecule has 0 aromatic rings. The molecular weight excluding hydrogens is 251 g/mol. The van der Waals surface area contributed by atoms with E-state index >= 15 is 0 Å². The van der Waals surface area contributed by atoms with Crippen LogP contribution in [0.3, 0.4) is 0 Å². The second kappa shape index (κ2) is 5.17. The van der Waals surface area contributed by atoms with E-state index in [-0.39, 0.29) is 31.7 Å². The zero-order chi connectivity index (χ0) is 10.6. The van der Waals surface area contributed by atoms with Crippen molar-refractivity contribution in [2.45, 2.75) is 23.2 Å². The molecule has 0 aromatic carbocycles. The van der Waals surface area contributed by atoms with Gasteiger partial charge in [0.25, 0.3) is 0 Å². The monoisotopic (exact) mass is 264 g/mol. The average Bonchev–Trinajstić information content (AvgIpc) is 2.16. The molecule has 0 saturated carbocycles. The molecule has 2 atom stereocenters. The van der Waals surface area contributed by atoms with Gasteiger partial charge in [0, 0.05) is 0 Å².